The van der Waals surface area contributed by atoms with E-state index in [0.29, 0.717) is 28.9 Å². The number of carbonyl (C=O) groups is 1. The van der Waals surface area contributed by atoms with E-state index in [1.807, 2.05) is 25.4 Å². The molecule has 1 N–H and O–H groups in total. The van der Waals surface area contributed by atoms with Crippen molar-refractivity contribution in [1.82, 2.24) is 19.7 Å². The number of hydrogen-bond acceptors (Lipinski definition) is 5. The summed E-state index contributed by atoms with van der Waals surface area (Å²) in [5.41, 5.74) is 0.453. The van der Waals surface area contributed by atoms with Crippen LogP contribution in [0.1, 0.15) is 35.4 Å². The highest BCUT2D eigenvalue weighted by Crippen LogP contribution is 2.17. The second-order valence-electron chi connectivity index (χ2n) is 5.91. The molecule has 3 heterocycles. The van der Waals surface area contributed by atoms with E-state index in [1.165, 1.54) is 0 Å². The fraction of sp³-hybridized carbons (Fsp3) is 0.158. The Bertz CT molecular complexity index is 1130. The third-order valence-electron chi connectivity index (χ3n) is 4.21. The molecule has 26 heavy (non-hydrogen) atoms. The van der Waals surface area contributed by atoms with Crippen molar-refractivity contribution in [2.75, 3.05) is 0 Å². The number of benzene rings is 1. The number of hydrogen-bond donors (Lipinski definition) is 1. The minimum Gasteiger partial charge on any atom is -0.422 e. The van der Waals surface area contributed by atoms with Crippen LogP contribution in [0, 0.1) is 0 Å². The van der Waals surface area contributed by atoms with Gasteiger partial charge in [-0.1, -0.05) is 25.1 Å². The van der Waals surface area contributed by atoms with Crippen molar-refractivity contribution in [1.29, 1.82) is 0 Å². The Kier molecular flexibility index (Phi) is 3.96. The average molecular weight is 348 g/mol. The Morgan fingerprint density at radius 1 is 1.31 bits per heavy atom. The van der Waals surface area contributed by atoms with Gasteiger partial charge in [0.2, 0.25) is 5.78 Å². The first-order valence-corrected chi connectivity index (χ1v) is 8.29. The van der Waals surface area contributed by atoms with Crippen molar-refractivity contribution in [3.05, 3.63) is 76.7 Å². The Hall–Kier alpha value is -3.48. The van der Waals surface area contributed by atoms with Gasteiger partial charge >= 0.3 is 5.63 Å². The number of rotatable bonds is 4. The fourth-order valence-electron chi connectivity index (χ4n) is 2.86. The Balaban J connectivity index is 1.65. The van der Waals surface area contributed by atoms with Gasteiger partial charge < -0.3 is 9.73 Å². The Labute approximate surface area is 148 Å². The fourth-order valence-corrected chi connectivity index (χ4v) is 2.86. The predicted octanol–water partition coefficient (Wildman–Crippen LogP) is 2.72. The zero-order valence-corrected chi connectivity index (χ0v) is 14.0. The van der Waals surface area contributed by atoms with Crippen molar-refractivity contribution < 1.29 is 9.21 Å². The largest absolute Gasteiger partial charge is 0.422 e. The number of aromatic nitrogens is 3. The monoisotopic (exact) mass is 348 g/mol. The van der Waals surface area contributed by atoms with Crippen LogP contribution in [-0.4, -0.2) is 20.3 Å². The lowest BCUT2D eigenvalue weighted by molar-refractivity contribution is 0.0931. The smallest absolute Gasteiger partial charge is 0.349 e. The molecule has 0 fully saturated rings. The average Bonchev–Trinajstić information content (AvgIpc) is 3.09. The van der Waals surface area contributed by atoms with Gasteiger partial charge in [-0.15, -0.1) is 0 Å². The molecule has 0 saturated heterocycles. The third kappa shape index (κ3) is 2.83. The minimum atomic E-state index is -0.660. The maximum atomic E-state index is 12.6. The lowest BCUT2D eigenvalue weighted by atomic mass is 10.1. The summed E-state index contributed by atoms with van der Waals surface area (Å²) >= 11 is 0. The normalized spacial score (nSPS) is 12.3. The number of imidazole rings is 1. The molecule has 0 saturated carbocycles. The molecular formula is C19H16N4O3. The first-order valence-electron chi connectivity index (χ1n) is 8.29. The summed E-state index contributed by atoms with van der Waals surface area (Å²) in [6, 6.07) is 10.1. The molecule has 4 rings (SSSR count). The molecule has 1 aromatic carbocycles. The molecule has 7 nitrogen and oxygen atoms in total. The second kappa shape index (κ2) is 6.44. The molecule has 0 aliphatic rings. The van der Waals surface area contributed by atoms with Gasteiger partial charge in [0.25, 0.3) is 5.91 Å². The maximum absolute atomic E-state index is 12.6. The number of amides is 1. The lowest BCUT2D eigenvalue weighted by Gasteiger charge is -2.14. The molecule has 130 valence electrons. The van der Waals surface area contributed by atoms with Crippen molar-refractivity contribution in [2.24, 2.45) is 0 Å². The van der Waals surface area contributed by atoms with Gasteiger partial charge in [0.05, 0.1) is 11.7 Å². The molecule has 0 aliphatic carbocycles. The summed E-state index contributed by atoms with van der Waals surface area (Å²) in [6.45, 7) is 1.94. The lowest BCUT2D eigenvalue weighted by Crippen LogP contribution is -2.31. The van der Waals surface area contributed by atoms with Crippen LogP contribution in [0.25, 0.3) is 16.7 Å². The number of fused-ring (bicyclic) bond motifs is 2. The van der Waals surface area contributed by atoms with Crippen molar-refractivity contribution >= 4 is 22.7 Å². The highest BCUT2D eigenvalue weighted by atomic mass is 16.4. The first kappa shape index (κ1) is 16.0. The van der Waals surface area contributed by atoms with Gasteiger partial charge in [-0.25, -0.2) is 14.8 Å². The molecule has 4 aromatic rings. The quantitative estimate of drug-likeness (QED) is 0.573. The van der Waals surface area contributed by atoms with Crippen LogP contribution in [0.5, 0.6) is 0 Å². The van der Waals surface area contributed by atoms with Gasteiger partial charge in [-0.3, -0.25) is 9.20 Å². The molecular weight excluding hydrogens is 332 g/mol. The van der Waals surface area contributed by atoms with Crippen LogP contribution in [0.3, 0.4) is 0 Å². The second-order valence-corrected chi connectivity index (χ2v) is 5.91. The van der Waals surface area contributed by atoms with Gasteiger partial charge in [0.1, 0.15) is 11.1 Å². The highest BCUT2D eigenvalue weighted by molar-refractivity contribution is 5.96. The van der Waals surface area contributed by atoms with E-state index < -0.39 is 11.5 Å². The van der Waals surface area contributed by atoms with Gasteiger partial charge in [0.15, 0.2) is 0 Å². The van der Waals surface area contributed by atoms with E-state index in [9.17, 15) is 9.59 Å². The van der Waals surface area contributed by atoms with Gasteiger partial charge in [0, 0.05) is 24.0 Å². The highest BCUT2D eigenvalue weighted by Gasteiger charge is 2.20. The maximum Gasteiger partial charge on any atom is 0.349 e. The zero-order valence-electron chi connectivity index (χ0n) is 14.0. The molecule has 1 amide bonds. The number of para-hydroxylation sites is 1. The molecule has 0 aliphatic heterocycles. The van der Waals surface area contributed by atoms with Crippen molar-refractivity contribution in [2.45, 2.75) is 19.4 Å². The molecule has 1 atom stereocenters. The van der Waals surface area contributed by atoms with Gasteiger partial charge in [-0.2, -0.15) is 0 Å². The van der Waals surface area contributed by atoms with Crippen LogP contribution in [0.15, 0.2) is 64.2 Å². The van der Waals surface area contributed by atoms with E-state index in [-0.39, 0.29) is 11.6 Å². The summed E-state index contributed by atoms with van der Waals surface area (Å²) in [4.78, 5) is 33.4. The van der Waals surface area contributed by atoms with Crippen molar-refractivity contribution in [3.8, 4) is 0 Å². The molecule has 3 aromatic heterocycles. The Morgan fingerprint density at radius 3 is 2.96 bits per heavy atom. The third-order valence-corrected chi connectivity index (χ3v) is 4.21. The van der Waals surface area contributed by atoms with E-state index in [4.69, 9.17) is 4.42 Å². The first-order chi connectivity index (χ1) is 12.7. The topological polar surface area (TPSA) is 89.5 Å². The molecule has 7 heteroatoms. The van der Waals surface area contributed by atoms with Crippen LogP contribution < -0.4 is 10.9 Å². The molecule has 0 spiro atoms. The number of nitrogens with zero attached hydrogens (tertiary/aromatic N) is 3. The van der Waals surface area contributed by atoms with Crippen LogP contribution in [0.4, 0.5) is 0 Å². The summed E-state index contributed by atoms with van der Waals surface area (Å²) in [7, 11) is 0. The molecule has 0 bridgehead atoms. The van der Waals surface area contributed by atoms with E-state index in [0.717, 1.165) is 0 Å². The van der Waals surface area contributed by atoms with Crippen LogP contribution in [-0.2, 0) is 0 Å². The number of nitrogens with one attached hydrogen (secondary N) is 1. The molecule has 0 radical (unpaired) electrons. The SMILES string of the molecule is CCC(NC(=O)c1cc2ccccc2oc1=O)c1cn2cccnc2n1. The standard InChI is InChI=1S/C19H16N4O3/c1-2-14(15-11-23-9-5-8-20-19(23)22-15)21-17(24)13-10-12-6-3-4-7-16(12)26-18(13)25/h3-11,14H,2H2,1H3,(H,21,24). The van der Waals surface area contributed by atoms with Crippen LogP contribution in [0.2, 0.25) is 0 Å². The summed E-state index contributed by atoms with van der Waals surface area (Å²) in [5.74, 6) is 0.0711. The summed E-state index contributed by atoms with van der Waals surface area (Å²) in [5, 5.41) is 3.56. The van der Waals surface area contributed by atoms with E-state index >= 15 is 0 Å². The van der Waals surface area contributed by atoms with Gasteiger partial charge in [-0.05, 0) is 24.6 Å². The van der Waals surface area contributed by atoms with Crippen LogP contribution >= 0.6 is 0 Å². The minimum absolute atomic E-state index is 0.0240. The predicted molar refractivity (Wildman–Crippen MR) is 96.0 cm³/mol. The van der Waals surface area contributed by atoms with E-state index in [1.54, 1.807) is 40.9 Å². The molecule has 1 unspecified atom stereocenters. The number of carbonyl (C=O) groups excluding carboxylic acids is 1. The Morgan fingerprint density at radius 2 is 2.15 bits per heavy atom. The summed E-state index contributed by atoms with van der Waals surface area (Å²) in [6.07, 6.45) is 5.94. The zero-order chi connectivity index (χ0) is 18.1. The summed E-state index contributed by atoms with van der Waals surface area (Å²) < 4.78 is 7.02. The van der Waals surface area contributed by atoms with Crippen molar-refractivity contribution in [3.63, 3.8) is 0 Å². The van der Waals surface area contributed by atoms with E-state index in [2.05, 4.69) is 15.3 Å².